The number of benzene rings is 1. The van der Waals surface area contributed by atoms with Gasteiger partial charge in [-0.25, -0.2) is 4.63 Å². The predicted molar refractivity (Wildman–Crippen MR) is 89.6 cm³/mol. The van der Waals surface area contributed by atoms with Crippen LogP contribution in [0.4, 0.5) is 11.4 Å². The van der Waals surface area contributed by atoms with Crippen LogP contribution in [0.1, 0.15) is 58.3 Å². The summed E-state index contributed by atoms with van der Waals surface area (Å²) in [5.74, 6) is 0. The molecule has 0 bridgehead atoms. The van der Waals surface area contributed by atoms with E-state index in [9.17, 15) is 10.1 Å². The van der Waals surface area contributed by atoms with E-state index in [-0.39, 0.29) is 11.2 Å². The first kappa shape index (κ1) is 17.2. The Balaban J connectivity index is 1.74. The molecule has 1 heterocycles. The number of unbranched alkanes of at least 4 members (excludes halogenated alkanes) is 7. The lowest BCUT2D eigenvalue weighted by Crippen LogP contribution is -2.02. The number of fused-ring (bicyclic) bond motifs is 1. The molecular formula is C16H24N4O3. The maximum atomic E-state index is 10.9. The largest absolute Gasteiger partial charge is 0.383 e. The Kier molecular flexibility index (Phi) is 6.77. The number of hydrogen-bond donors (Lipinski definition) is 1. The molecule has 126 valence electrons. The lowest BCUT2D eigenvalue weighted by atomic mass is 10.1. The lowest BCUT2D eigenvalue weighted by Gasteiger charge is -2.06. The average molecular weight is 320 g/mol. The molecule has 0 spiro atoms. The van der Waals surface area contributed by atoms with Gasteiger partial charge in [0.2, 0.25) is 5.52 Å². The monoisotopic (exact) mass is 320 g/mol. The van der Waals surface area contributed by atoms with Gasteiger partial charge in [0, 0.05) is 12.6 Å². The van der Waals surface area contributed by atoms with E-state index < -0.39 is 4.92 Å². The highest BCUT2D eigenvalue weighted by molar-refractivity contribution is 5.93. The van der Waals surface area contributed by atoms with E-state index in [1.54, 1.807) is 6.07 Å². The molecule has 1 aromatic carbocycles. The third kappa shape index (κ3) is 4.91. The average Bonchev–Trinajstić information content (AvgIpc) is 3.02. The number of nitro benzene ring substituents is 1. The molecule has 0 atom stereocenters. The molecule has 23 heavy (non-hydrogen) atoms. The molecule has 0 fully saturated rings. The van der Waals surface area contributed by atoms with Gasteiger partial charge in [-0.1, -0.05) is 51.9 Å². The predicted octanol–water partition coefficient (Wildman–Crippen LogP) is 4.68. The minimum Gasteiger partial charge on any atom is -0.383 e. The van der Waals surface area contributed by atoms with E-state index >= 15 is 0 Å². The normalized spacial score (nSPS) is 11.0. The minimum absolute atomic E-state index is 0.0844. The van der Waals surface area contributed by atoms with Gasteiger partial charge in [-0.15, -0.1) is 0 Å². The second-order valence-corrected chi connectivity index (χ2v) is 5.75. The van der Waals surface area contributed by atoms with Crippen LogP contribution in [-0.4, -0.2) is 21.8 Å². The van der Waals surface area contributed by atoms with Crippen LogP contribution in [-0.2, 0) is 0 Å². The Hall–Kier alpha value is -2.18. The van der Waals surface area contributed by atoms with Crippen molar-refractivity contribution < 1.29 is 9.55 Å². The molecule has 1 aromatic heterocycles. The van der Waals surface area contributed by atoms with Gasteiger partial charge in [0.05, 0.1) is 10.6 Å². The first-order valence-electron chi connectivity index (χ1n) is 8.37. The topological polar surface area (TPSA) is 94.1 Å². The second-order valence-electron chi connectivity index (χ2n) is 5.75. The molecule has 0 saturated carbocycles. The second kappa shape index (κ2) is 9.07. The summed E-state index contributed by atoms with van der Waals surface area (Å²) in [7, 11) is 0. The molecule has 7 heteroatoms. The molecule has 0 saturated heterocycles. The SMILES string of the molecule is CCCCCCCCCCNc1ccc([N+](=O)[O-])c2nonc12. The van der Waals surface area contributed by atoms with Gasteiger partial charge in [0.25, 0.3) is 0 Å². The molecule has 2 aromatic rings. The molecule has 0 aliphatic carbocycles. The molecule has 7 nitrogen and oxygen atoms in total. The van der Waals surface area contributed by atoms with Crippen LogP contribution in [0.3, 0.4) is 0 Å². The zero-order valence-electron chi connectivity index (χ0n) is 13.6. The van der Waals surface area contributed by atoms with Crippen molar-refractivity contribution >= 4 is 22.4 Å². The highest BCUT2D eigenvalue weighted by atomic mass is 16.6. The Morgan fingerprint density at radius 2 is 1.70 bits per heavy atom. The van der Waals surface area contributed by atoms with Gasteiger partial charge in [0.15, 0.2) is 5.52 Å². The lowest BCUT2D eigenvalue weighted by molar-refractivity contribution is -0.383. The summed E-state index contributed by atoms with van der Waals surface area (Å²) in [4.78, 5) is 10.4. The molecule has 1 N–H and O–H groups in total. The standard InChI is InChI=1S/C16H24N4O3/c1-2-3-4-5-6-7-8-9-12-17-13-10-11-14(20(21)22)16-15(13)18-23-19-16/h10-11,17H,2-9,12H2,1H3. The van der Waals surface area contributed by atoms with Crippen molar-refractivity contribution in [1.82, 2.24) is 10.3 Å². The van der Waals surface area contributed by atoms with E-state index in [4.69, 9.17) is 0 Å². The summed E-state index contributed by atoms with van der Waals surface area (Å²) in [5.41, 5.74) is 1.25. The van der Waals surface area contributed by atoms with Crippen molar-refractivity contribution in [1.29, 1.82) is 0 Å². The van der Waals surface area contributed by atoms with E-state index in [2.05, 4.69) is 27.2 Å². The number of rotatable bonds is 11. The highest BCUT2D eigenvalue weighted by Gasteiger charge is 2.19. The van der Waals surface area contributed by atoms with Gasteiger partial charge in [-0.2, -0.15) is 0 Å². The van der Waals surface area contributed by atoms with E-state index in [0.717, 1.165) is 18.7 Å². The summed E-state index contributed by atoms with van der Waals surface area (Å²) >= 11 is 0. The summed E-state index contributed by atoms with van der Waals surface area (Å²) in [6.07, 6.45) is 10.1. The van der Waals surface area contributed by atoms with Crippen LogP contribution in [0, 0.1) is 10.1 Å². The van der Waals surface area contributed by atoms with Crippen LogP contribution in [0.2, 0.25) is 0 Å². The molecule has 0 unspecified atom stereocenters. The van der Waals surface area contributed by atoms with Crippen LogP contribution in [0.15, 0.2) is 16.8 Å². The first-order chi connectivity index (χ1) is 11.2. The highest BCUT2D eigenvalue weighted by Crippen LogP contribution is 2.28. The third-order valence-corrected chi connectivity index (χ3v) is 3.94. The summed E-state index contributed by atoms with van der Waals surface area (Å²) in [6, 6.07) is 3.10. The van der Waals surface area contributed by atoms with Gasteiger partial charge >= 0.3 is 5.69 Å². The minimum atomic E-state index is -0.477. The molecule has 2 rings (SSSR count). The van der Waals surface area contributed by atoms with Gasteiger partial charge in [-0.05, 0) is 22.8 Å². The summed E-state index contributed by atoms with van der Waals surface area (Å²) in [5, 5.41) is 21.6. The first-order valence-corrected chi connectivity index (χ1v) is 8.37. The van der Waals surface area contributed by atoms with Crippen molar-refractivity contribution in [3.05, 3.63) is 22.2 Å². The Bertz CT molecular complexity index is 627. The Morgan fingerprint density at radius 1 is 1.04 bits per heavy atom. The maximum Gasteiger partial charge on any atom is 0.300 e. The smallest absolute Gasteiger partial charge is 0.300 e. The fraction of sp³-hybridized carbons (Fsp3) is 0.625. The van der Waals surface area contributed by atoms with Crippen LogP contribution >= 0.6 is 0 Å². The van der Waals surface area contributed by atoms with Crippen LogP contribution in [0.25, 0.3) is 11.0 Å². The number of aromatic nitrogens is 2. The zero-order valence-corrected chi connectivity index (χ0v) is 13.6. The maximum absolute atomic E-state index is 10.9. The van der Waals surface area contributed by atoms with E-state index in [1.165, 1.54) is 51.0 Å². The van der Waals surface area contributed by atoms with Crippen molar-refractivity contribution in [3.63, 3.8) is 0 Å². The summed E-state index contributed by atoms with van der Waals surface area (Å²) < 4.78 is 4.64. The van der Waals surface area contributed by atoms with E-state index in [1.807, 2.05) is 0 Å². The van der Waals surface area contributed by atoms with Gasteiger partial charge in [-0.3, -0.25) is 10.1 Å². The number of anilines is 1. The molecule has 0 aliphatic rings. The number of hydrogen-bond acceptors (Lipinski definition) is 6. The molecule has 0 radical (unpaired) electrons. The summed E-state index contributed by atoms with van der Waals surface area (Å²) in [6.45, 7) is 3.04. The third-order valence-electron chi connectivity index (χ3n) is 3.94. The number of nitrogens with zero attached hydrogens (tertiary/aromatic N) is 3. The fourth-order valence-electron chi connectivity index (χ4n) is 2.63. The Labute approximate surface area is 135 Å². The quantitative estimate of drug-likeness (QED) is 0.367. The van der Waals surface area contributed by atoms with Gasteiger partial charge in [0.1, 0.15) is 0 Å². The van der Waals surface area contributed by atoms with Crippen molar-refractivity contribution in [2.24, 2.45) is 0 Å². The van der Waals surface area contributed by atoms with Crippen LogP contribution in [0.5, 0.6) is 0 Å². The van der Waals surface area contributed by atoms with Crippen molar-refractivity contribution in [2.45, 2.75) is 58.3 Å². The van der Waals surface area contributed by atoms with Crippen molar-refractivity contribution in [3.8, 4) is 0 Å². The zero-order chi connectivity index (χ0) is 16.5. The van der Waals surface area contributed by atoms with Gasteiger partial charge < -0.3 is 5.32 Å². The molecular weight excluding hydrogens is 296 g/mol. The Morgan fingerprint density at radius 3 is 2.39 bits per heavy atom. The van der Waals surface area contributed by atoms with Crippen molar-refractivity contribution in [2.75, 3.05) is 11.9 Å². The number of non-ortho nitro benzene ring substituents is 1. The molecule has 0 aliphatic heterocycles. The van der Waals surface area contributed by atoms with Crippen LogP contribution < -0.4 is 5.32 Å². The number of nitro groups is 1. The number of nitrogens with one attached hydrogen (secondary N) is 1. The fourth-order valence-corrected chi connectivity index (χ4v) is 2.63. The van der Waals surface area contributed by atoms with E-state index in [0.29, 0.717) is 5.52 Å². The molecule has 0 amide bonds.